The predicted octanol–water partition coefficient (Wildman–Crippen LogP) is 1.66. The van der Waals surface area contributed by atoms with Crippen molar-refractivity contribution in [1.82, 2.24) is 4.90 Å². The molecule has 0 bridgehead atoms. The van der Waals surface area contributed by atoms with E-state index in [2.05, 4.69) is 0 Å². The standard InChI is InChI=1S/C16H21NO4S2/c18-16(12-10-22-14-4-2-1-3-11(12)14)17-6-8-23(19,20)15-9-21-7-5-13(15)17/h10,13,15H,1-9H2/t13-,15+/m0/s1. The molecule has 0 spiro atoms. The van der Waals surface area contributed by atoms with Crippen molar-refractivity contribution in [3.8, 4) is 0 Å². The molecule has 2 fully saturated rings. The van der Waals surface area contributed by atoms with E-state index in [1.165, 1.54) is 16.9 Å². The van der Waals surface area contributed by atoms with Crippen LogP contribution in [0.3, 0.4) is 0 Å². The minimum atomic E-state index is -3.15. The first kappa shape index (κ1) is 15.6. The van der Waals surface area contributed by atoms with Crippen molar-refractivity contribution in [2.75, 3.05) is 25.5 Å². The maximum absolute atomic E-state index is 13.1. The Morgan fingerprint density at radius 3 is 3.00 bits per heavy atom. The first-order chi connectivity index (χ1) is 11.1. The van der Waals surface area contributed by atoms with E-state index in [4.69, 9.17) is 4.74 Å². The Bertz CT molecular complexity index is 724. The van der Waals surface area contributed by atoms with Crippen molar-refractivity contribution in [1.29, 1.82) is 0 Å². The number of carbonyl (C=O) groups is 1. The van der Waals surface area contributed by atoms with Gasteiger partial charge in [-0.3, -0.25) is 4.79 Å². The van der Waals surface area contributed by atoms with Gasteiger partial charge in [0.25, 0.3) is 5.91 Å². The van der Waals surface area contributed by atoms with Crippen LogP contribution in [0, 0.1) is 0 Å². The van der Waals surface area contributed by atoms with E-state index in [1.807, 2.05) is 10.3 Å². The lowest BCUT2D eigenvalue weighted by Crippen LogP contribution is -2.60. The number of ether oxygens (including phenoxy) is 1. The lowest BCUT2D eigenvalue weighted by atomic mass is 9.95. The minimum Gasteiger partial charge on any atom is -0.380 e. The Balaban J connectivity index is 1.64. The zero-order valence-corrected chi connectivity index (χ0v) is 14.6. The third-order valence-electron chi connectivity index (χ3n) is 5.30. The first-order valence-electron chi connectivity index (χ1n) is 8.27. The van der Waals surface area contributed by atoms with Gasteiger partial charge in [0.1, 0.15) is 5.25 Å². The lowest BCUT2D eigenvalue weighted by molar-refractivity contribution is 0.0293. The van der Waals surface area contributed by atoms with Gasteiger partial charge in [0.2, 0.25) is 0 Å². The van der Waals surface area contributed by atoms with Crippen LogP contribution in [0.4, 0.5) is 0 Å². The van der Waals surface area contributed by atoms with Gasteiger partial charge in [0.15, 0.2) is 9.84 Å². The molecule has 5 nitrogen and oxygen atoms in total. The maximum atomic E-state index is 13.1. The Morgan fingerprint density at radius 1 is 1.30 bits per heavy atom. The highest BCUT2D eigenvalue weighted by Gasteiger charge is 2.45. The molecule has 23 heavy (non-hydrogen) atoms. The molecular formula is C16H21NO4S2. The van der Waals surface area contributed by atoms with Crippen LogP contribution in [0.2, 0.25) is 0 Å². The second kappa shape index (κ2) is 5.86. The third kappa shape index (κ3) is 2.62. The largest absolute Gasteiger partial charge is 0.380 e. The van der Waals surface area contributed by atoms with E-state index < -0.39 is 15.1 Å². The van der Waals surface area contributed by atoms with Crippen LogP contribution in [0.25, 0.3) is 0 Å². The molecule has 1 amide bonds. The molecule has 1 aromatic rings. The highest BCUT2D eigenvalue weighted by Crippen LogP contribution is 2.33. The summed E-state index contributed by atoms with van der Waals surface area (Å²) in [7, 11) is -3.15. The van der Waals surface area contributed by atoms with Crippen molar-refractivity contribution < 1.29 is 17.9 Å². The number of fused-ring (bicyclic) bond motifs is 2. The molecule has 1 aromatic heterocycles. The van der Waals surface area contributed by atoms with Crippen LogP contribution >= 0.6 is 11.3 Å². The van der Waals surface area contributed by atoms with E-state index in [0.717, 1.165) is 24.8 Å². The van der Waals surface area contributed by atoms with Gasteiger partial charge in [0.05, 0.1) is 24.0 Å². The lowest BCUT2D eigenvalue weighted by Gasteiger charge is -2.43. The smallest absolute Gasteiger partial charge is 0.255 e. The molecule has 2 saturated heterocycles. The first-order valence-corrected chi connectivity index (χ1v) is 10.9. The van der Waals surface area contributed by atoms with E-state index in [9.17, 15) is 13.2 Å². The topological polar surface area (TPSA) is 63.7 Å². The summed E-state index contributed by atoms with van der Waals surface area (Å²) in [5.74, 6) is 0.0754. The number of sulfone groups is 1. The monoisotopic (exact) mass is 355 g/mol. The fraction of sp³-hybridized carbons (Fsp3) is 0.688. The van der Waals surface area contributed by atoms with Crippen molar-refractivity contribution in [3.63, 3.8) is 0 Å². The molecule has 3 aliphatic rings. The number of aryl methyl sites for hydroxylation is 1. The molecule has 0 radical (unpaired) electrons. The SMILES string of the molecule is O=C(c1csc2c1CCCC2)N1CCS(=O)(=O)[C@@H]2COCC[C@@H]21. The Hall–Kier alpha value is -0.920. The molecular weight excluding hydrogens is 334 g/mol. The van der Waals surface area contributed by atoms with Crippen LogP contribution in [-0.2, 0) is 27.4 Å². The minimum absolute atomic E-state index is 0.0243. The number of carbonyl (C=O) groups excluding carboxylic acids is 1. The van der Waals surface area contributed by atoms with Crippen molar-refractivity contribution in [2.24, 2.45) is 0 Å². The Kier molecular flexibility index (Phi) is 3.98. The summed E-state index contributed by atoms with van der Waals surface area (Å²) < 4.78 is 29.9. The van der Waals surface area contributed by atoms with Gasteiger partial charge in [-0.15, -0.1) is 11.3 Å². The van der Waals surface area contributed by atoms with Crippen molar-refractivity contribution in [3.05, 3.63) is 21.4 Å². The quantitative estimate of drug-likeness (QED) is 0.768. The van der Waals surface area contributed by atoms with Gasteiger partial charge in [-0.2, -0.15) is 0 Å². The molecule has 0 saturated carbocycles. The number of amides is 1. The molecule has 0 unspecified atom stereocenters. The number of rotatable bonds is 1. The third-order valence-corrected chi connectivity index (χ3v) is 8.51. The van der Waals surface area contributed by atoms with Gasteiger partial charge in [-0.1, -0.05) is 0 Å². The summed E-state index contributed by atoms with van der Waals surface area (Å²) in [5, 5.41) is 1.43. The highest BCUT2D eigenvalue weighted by atomic mass is 32.2. The molecule has 1 aliphatic carbocycles. The van der Waals surface area contributed by atoms with E-state index in [1.54, 1.807) is 11.3 Å². The van der Waals surface area contributed by atoms with Gasteiger partial charge < -0.3 is 9.64 Å². The van der Waals surface area contributed by atoms with E-state index >= 15 is 0 Å². The van der Waals surface area contributed by atoms with Gasteiger partial charge in [-0.25, -0.2) is 8.42 Å². The molecule has 2 aliphatic heterocycles. The summed E-state index contributed by atoms with van der Waals surface area (Å²) in [6.45, 7) is 1.06. The molecule has 2 atom stereocenters. The summed E-state index contributed by atoms with van der Waals surface area (Å²) >= 11 is 1.68. The summed E-state index contributed by atoms with van der Waals surface area (Å²) in [6, 6.07) is -0.228. The number of hydrogen-bond acceptors (Lipinski definition) is 5. The Labute approximate surface area is 140 Å². The second-order valence-electron chi connectivity index (χ2n) is 6.59. The zero-order valence-electron chi connectivity index (χ0n) is 13.0. The average Bonchev–Trinajstić information content (AvgIpc) is 2.99. The van der Waals surface area contributed by atoms with Crippen LogP contribution in [0.5, 0.6) is 0 Å². The predicted molar refractivity (Wildman–Crippen MR) is 88.8 cm³/mol. The van der Waals surface area contributed by atoms with Gasteiger partial charge in [0, 0.05) is 23.4 Å². The molecule has 3 heterocycles. The summed E-state index contributed by atoms with van der Waals surface area (Å²) in [4.78, 5) is 16.2. The Morgan fingerprint density at radius 2 is 2.13 bits per heavy atom. The van der Waals surface area contributed by atoms with Crippen LogP contribution in [0.15, 0.2) is 5.38 Å². The highest BCUT2D eigenvalue weighted by molar-refractivity contribution is 7.92. The number of nitrogens with zero attached hydrogens (tertiary/aromatic N) is 1. The normalized spacial score (nSPS) is 29.7. The van der Waals surface area contributed by atoms with Crippen LogP contribution < -0.4 is 0 Å². The summed E-state index contributed by atoms with van der Waals surface area (Å²) in [6.07, 6.45) is 5.00. The molecule has 7 heteroatoms. The van der Waals surface area contributed by atoms with Crippen molar-refractivity contribution in [2.45, 2.75) is 43.4 Å². The van der Waals surface area contributed by atoms with E-state index in [-0.39, 0.29) is 24.3 Å². The van der Waals surface area contributed by atoms with Gasteiger partial charge >= 0.3 is 0 Å². The van der Waals surface area contributed by atoms with Crippen LogP contribution in [0.1, 0.15) is 40.1 Å². The zero-order chi connectivity index (χ0) is 16.0. The molecule has 4 rings (SSSR count). The van der Waals surface area contributed by atoms with E-state index in [0.29, 0.717) is 19.6 Å². The van der Waals surface area contributed by atoms with Gasteiger partial charge in [-0.05, 0) is 37.7 Å². The number of hydrogen-bond donors (Lipinski definition) is 0. The fourth-order valence-corrected chi connectivity index (χ4v) is 6.96. The number of thiophene rings is 1. The average molecular weight is 355 g/mol. The molecule has 0 N–H and O–H groups in total. The molecule has 126 valence electrons. The summed E-state index contributed by atoms with van der Waals surface area (Å²) in [5.41, 5.74) is 2.03. The van der Waals surface area contributed by atoms with Crippen LogP contribution in [-0.4, -0.2) is 56.0 Å². The maximum Gasteiger partial charge on any atom is 0.255 e. The second-order valence-corrected chi connectivity index (χ2v) is 9.90. The van der Waals surface area contributed by atoms with Crippen molar-refractivity contribution >= 4 is 27.1 Å². The molecule has 0 aromatic carbocycles. The fourth-order valence-electron chi connectivity index (χ4n) is 4.02.